The van der Waals surface area contributed by atoms with E-state index in [1.807, 2.05) is 24.3 Å². The Labute approximate surface area is 117 Å². The van der Waals surface area contributed by atoms with Crippen molar-refractivity contribution >= 4 is 22.7 Å². The normalized spacial score (nSPS) is 11.9. The van der Waals surface area contributed by atoms with Gasteiger partial charge in [0.1, 0.15) is 0 Å². The van der Waals surface area contributed by atoms with E-state index in [4.69, 9.17) is 4.74 Å². The van der Waals surface area contributed by atoms with Gasteiger partial charge in [0.05, 0.1) is 0 Å². The topological polar surface area (TPSA) is 59.2 Å². The fraction of sp³-hybridized carbons (Fsp3) is 0.250. The van der Waals surface area contributed by atoms with Gasteiger partial charge < -0.3 is 9.72 Å². The Balaban J connectivity index is 2.19. The number of ether oxygens (including phenoxy) is 1. The predicted octanol–water partition coefficient (Wildman–Crippen LogP) is 3.25. The zero-order chi connectivity index (χ0) is 14.7. The number of nitrogens with one attached hydrogen (secondary N) is 1. The van der Waals surface area contributed by atoms with Crippen LogP contribution in [-0.2, 0) is 9.53 Å². The summed E-state index contributed by atoms with van der Waals surface area (Å²) in [6, 6.07) is 7.52. The smallest absolute Gasteiger partial charge is 0.331 e. The molecule has 0 aliphatic heterocycles. The van der Waals surface area contributed by atoms with Gasteiger partial charge in [-0.05, 0) is 26.8 Å². The second-order valence-electron chi connectivity index (χ2n) is 4.91. The lowest BCUT2D eigenvalue weighted by molar-refractivity contribution is -0.140. The van der Waals surface area contributed by atoms with Gasteiger partial charge in [0.25, 0.3) is 0 Å². The lowest BCUT2D eigenvalue weighted by atomic mass is 10.1. The lowest BCUT2D eigenvalue weighted by Gasteiger charge is -2.10. The molecule has 2 aromatic rings. The summed E-state index contributed by atoms with van der Waals surface area (Å²) in [7, 11) is 0. The van der Waals surface area contributed by atoms with Crippen LogP contribution in [0.4, 0.5) is 0 Å². The third kappa shape index (κ3) is 2.96. The minimum Gasteiger partial charge on any atom is -0.451 e. The summed E-state index contributed by atoms with van der Waals surface area (Å²) in [5.74, 6) is -0.705. The second-order valence-corrected chi connectivity index (χ2v) is 4.91. The van der Waals surface area contributed by atoms with Gasteiger partial charge >= 0.3 is 5.97 Å². The number of hydrogen-bond acceptors (Lipinski definition) is 3. The second kappa shape index (κ2) is 5.74. The van der Waals surface area contributed by atoms with E-state index in [1.54, 1.807) is 27.0 Å². The molecular weight excluding hydrogens is 254 g/mol. The largest absolute Gasteiger partial charge is 0.451 e. The molecule has 0 radical (unpaired) electrons. The number of Topliss-reactive ketones (excluding diaryl/α,β-unsaturated/α-hetero) is 1. The summed E-state index contributed by atoms with van der Waals surface area (Å²) in [6.07, 6.45) is 2.22. The SMILES string of the molecule is CC(C)=CC(=O)O[C@H](C)C(=O)c1c[nH]c2ccccc12. The highest BCUT2D eigenvalue weighted by molar-refractivity contribution is 6.10. The van der Waals surface area contributed by atoms with Crippen molar-refractivity contribution in [2.24, 2.45) is 0 Å². The Hall–Kier alpha value is -2.36. The molecule has 1 aromatic carbocycles. The number of esters is 1. The van der Waals surface area contributed by atoms with Crippen molar-refractivity contribution in [2.75, 3.05) is 0 Å². The fourth-order valence-corrected chi connectivity index (χ4v) is 1.99. The molecule has 1 atom stereocenters. The standard InChI is InChI=1S/C16H17NO3/c1-10(2)8-15(18)20-11(3)16(19)13-9-17-14-7-5-4-6-12(13)14/h4-9,11,17H,1-3H3/t11-/m1/s1. The molecule has 1 N–H and O–H groups in total. The number of aromatic nitrogens is 1. The summed E-state index contributed by atoms with van der Waals surface area (Å²) >= 11 is 0. The number of carbonyl (C=O) groups is 2. The molecule has 0 amide bonds. The number of ketones is 1. The van der Waals surface area contributed by atoms with Gasteiger partial charge in [0.15, 0.2) is 6.10 Å². The van der Waals surface area contributed by atoms with E-state index in [2.05, 4.69) is 4.98 Å². The highest BCUT2D eigenvalue weighted by atomic mass is 16.5. The van der Waals surface area contributed by atoms with Crippen molar-refractivity contribution in [3.8, 4) is 0 Å². The molecule has 0 saturated carbocycles. The molecule has 104 valence electrons. The van der Waals surface area contributed by atoms with Crippen LogP contribution in [0.3, 0.4) is 0 Å². The van der Waals surface area contributed by atoms with Crippen LogP contribution in [0.5, 0.6) is 0 Å². The first-order valence-corrected chi connectivity index (χ1v) is 6.45. The molecular formula is C16H17NO3. The molecule has 0 aliphatic carbocycles. The molecule has 0 aliphatic rings. The number of hydrogen-bond donors (Lipinski definition) is 1. The zero-order valence-electron chi connectivity index (χ0n) is 11.8. The van der Waals surface area contributed by atoms with Crippen molar-refractivity contribution in [2.45, 2.75) is 26.9 Å². The van der Waals surface area contributed by atoms with E-state index < -0.39 is 12.1 Å². The molecule has 0 spiro atoms. The van der Waals surface area contributed by atoms with Gasteiger partial charge in [-0.15, -0.1) is 0 Å². The molecule has 1 heterocycles. The molecule has 4 heteroatoms. The first-order chi connectivity index (χ1) is 9.49. The molecule has 20 heavy (non-hydrogen) atoms. The maximum Gasteiger partial charge on any atom is 0.331 e. The summed E-state index contributed by atoms with van der Waals surface area (Å²) in [5, 5.41) is 0.836. The third-order valence-electron chi connectivity index (χ3n) is 2.92. The fourth-order valence-electron chi connectivity index (χ4n) is 1.99. The predicted molar refractivity (Wildman–Crippen MR) is 77.6 cm³/mol. The highest BCUT2D eigenvalue weighted by Crippen LogP contribution is 2.19. The summed E-state index contributed by atoms with van der Waals surface area (Å²) in [5.41, 5.74) is 2.26. The number of para-hydroxylation sites is 1. The molecule has 0 unspecified atom stereocenters. The van der Waals surface area contributed by atoms with Gasteiger partial charge in [-0.2, -0.15) is 0 Å². The van der Waals surface area contributed by atoms with Crippen LogP contribution in [0.15, 0.2) is 42.1 Å². The Kier molecular flexibility index (Phi) is 4.03. The van der Waals surface area contributed by atoms with Crippen LogP contribution in [-0.4, -0.2) is 22.8 Å². The monoisotopic (exact) mass is 271 g/mol. The van der Waals surface area contributed by atoms with E-state index in [1.165, 1.54) is 6.08 Å². The number of rotatable bonds is 4. The van der Waals surface area contributed by atoms with Crippen molar-refractivity contribution < 1.29 is 14.3 Å². The van der Waals surface area contributed by atoms with Crippen LogP contribution >= 0.6 is 0 Å². The van der Waals surface area contributed by atoms with E-state index in [-0.39, 0.29) is 5.78 Å². The number of allylic oxidation sites excluding steroid dienone is 1. The molecule has 0 bridgehead atoms. The maximum absolute atomic E-state index is 12.3. The minimum absolute atomic E-state index is 0.210. The van der Waals surface area contributed by atoms with E-state index >= 15 is 0 Å². The first-order valence-electron chi connectivity index (χ1n) is 6.45. The van der Waals surface area contributed by atoms with Gasteiger partial charge in [0.2, 0.25) is 5.78 Å². The van der Waals surface area contributed by atoms with Gasteiger partial charge in [-0.3, -0.25) is 4.79 Å². The Bertz CT molecular complexity index is 678. The van der Waals surface area contributed by atoms with Crippen molar-refractivity contribution in [3.05, 3.63) is 47.7 Å². The quantitative estimate of drug-likeness (QED) is 0.527. The summed E-state index contributed by atoms with van der Waals surface area (Å²) in [6.45, 7) is 5.18. The third-order valence-corrected chi connectivity index (χ3v) is 2.92. The van der Waals surface area contributed by atoms with Crippen molar-refractivity contribution in [3.63, 3.8) is 0 Å². The molecule has 0 fully saturated rings. The van der Waals surface area contributed by atoms with Gasteiger partial charge in [0, 0.05) is 28.7 Å². The number of benzene rings is 1. The molecule has 4 nitrogen and oxygen atoms in total. The van der Waals surface area contributed by atoms with Crippen molar-refractivity contribution in [1.82, 2.24) is 4.98 Å². The number of fused-ring (bicyclic) bond motifs is 1. The van der Waals surface area contributed by atoms with E-state index in [0.717, 1.165) is 16.5 Å². The van der Waals surface area contributed by atoms with E-state index in [9.17, 15) is 9.59 Å². The Morgan fingerprint density at radius 1 is 1.25 bits per heavy atom. The highest BCUT2D eigenvalue weighted by Gasteiger charge is 2.21. The number of aromatic amines is 1. The zero-order valence-corrected chi connectivity index (χ0v) is 11.8. The minimum atomic E-state index is -0.808. The molecule has 1 aromatic heterocycles. The van der Waals surface area contributed by atoms with Crippen molar-refractivity contribution in [1.29, 1.82) is 0 Å². The van der Waals surface area contributed by atoms with Gasteiger partial charge in [-0.25, -0.2) is 4.79 Å². The number of H-pyrrole nitrogens is 1. The lowest BCUT2D eigenvalue weighted by Crippen LogP contribution is -2.23. The molecule has 0 saturated heterocycles. The first kappa shape index (κ1) is 14.1. The Morgan fingerprint density at radius 3 is 2.65 bits per heavy atom. The van der Waals surface area contributed by atoms with Crippen LogP contribution in [0, 0.1) is 0 Å². The van der Waals surface area contributed by atoms with Crippen LogP contribution in [0.25, 0.3) is 10.9 Å². The number of carbonyl (C=O) groups excluding carboxylic acids is 2. The van der Waals surface area contributed by atoms with Crippen LogP contribution in [0.1, 0.15) is 31.1 Å². The molecule has 2 rings (SSSR count). The van der Waals surface area contributed by atoms with Crippen LogP contribution < -0.4 is 0 Å². The van der Waals surface area contributed by atoms with E-state index in [0.29, 0.717) is 5.56 Å². The average Bonchev–Trinajstić information content (AvgIpc) is 2.80. The summed E-state index contributed by atoms with van der Waals surface area (Å²) < 4.78 is 5.12. The average molecular weight is 271 g/mol. The van der Waals surface area contributed by atoms with Gasteiger partial charge in [-0.1, -0.05) is 23.8 Å². The maximum atomic E-state index is 12.3. The summed E-state index contributed by atoms with van der Waals surface area (Å²) in [4.78, 5) is 26.9. The Morgan fingerprint density at radius 2 is 1.95 bits per heavy atom. The van der Waals surface area contributed by atoms with Crippen LogP contribution in [0.2, 0.25) is 0 Å².